The third-order valence-electron chi connectivity index (χ3n) is 7.15. The number of aliphatic hydroxyl groups is 2. The highest BCUT2D eigenvalue weighted by Gasteiger charge is 2.37. The number of hydrogen-bond donors (Lipinski definition) is 4. The summed E-state index contributed by atoms with van der Waals surface area (Å²) in [4.78, 5) is 39.1. The van der Waals surface area contributed by atoms with Crippen LogP contribution in [-0.4, -0.2) is 79.8 Å². The van der Waals surface area contributed by atoms with Gasteiger partial charge in [0.05, 0.1) is 29.8 Å². The second-order valence-electron chi connectivity index (χ2n) is 10.1. The molecule has 2 fully saturated rings. The Kier molecular flexibility index (Phi) is 6.87. The smallest absolute Gasteiger partial charge is 0.255 e. The van der Waals surface area contributed by atoms with Crippen molar-refractivity contribution in [2.24, 2.45) is 5.92 Å². The number of H-pyrrole nitrogens is 1. The highest BCUT2D eigenvalue weighted by Crippen LogP contribution is 2.37. The number of likely N-dealkylation sites (tertiary alicyclic amines) is 1. The van der Waals surface area contributed by atoms with Crippen LogP contribution in [0.5, 0.6) is 5.75 Å². The Morgan fingerprint density at radius 1 is 1.27 bits per heavy atom. The van der Waals surface area contributed by atoms with Gasteiger partial charge in [0, 0.05) is 24.3 Å². The first kappa shape index (κ1) is 25.2. The van der Waals surface area contributed by atoms with Crippen molar-refractivity contribution in [2.75, 3.05) is 19.7 Å². The molecule has 1 aliphatic carbocycles. The summed E-state index contributed by atoms with van der Waals surface area (Å²) in [5.74, 6) is 0.464. The van der Waals surface area contributed by atoms with Crippen molar-refractivity contribution < 1.29 is 24.5 Å². The number of nitrogens with one attached hydrogen (secondary N) is 2. The summed E-state index contributed by atoms with van der Waals surface area (Å²) >= 11 is 0. The van der Waals surface area contributed by atoms with Gasteiger partial charge in [-0.1, -0.05) is 13.0 Å². The summed E-state index contributed by atoms with van der Waals surface area (Å²) in [6, 6.07) is 5.45. The molecule has 0 spiro atoms. The minimum Gasteiger partial charge on any atom is -0.493 e. The largest absolute Gasteiger partial charge is 0.493 e. The van der Waals surface area contributed by atoms with Gasteiger partial charge in [0.1, 0.15) is 29.4 Å². The number of benzene rings is 1. The average Bonchev–Trinajstić information content (AvgIpc) is 3.55. The Hall–Kier alpha value is -3.50. The van der Waals surface area contributed by atoms with E-state index >= 15 is 0 Å². The lowest BCUT2D eigenvalue weighted by Gasteiger charge is -2.18. The van der Waals surface area contributed by atoms with Gasteiger partial charge in [0.25, 0.3) is 11.8 Å². The third kappa shape index (κ3) is 5.03. The lowest BCUT2D eigenvalue weighted by molar-refractivity contribution is -0.138. The Morgan fingerprint density at radius 2 is 2.05 bits per heavy atom. The number of aryl methyl sites for hydroxylation is 2. The molecule has 3 aromatic rings. The number of fused-ring (bicyclic) bond motifs is 1. The third-order valence-corrected chi connectivity index (χ3v) is 7.15. The first-order chi connectivity index (χ1) is 17.8. The van der Waals surface area contributed by atoms with Crippen LogP contribution in [0.3, 0.4) is 0 Å². The van der Waals surface area contributed by atoms with Crippen molar-refractivity contribution in [3.8, 4) is 17.0 Å². The molecule has 2 aromatic heterocycles. The normalized spacial score (nSPS) is 20.3. The number of β-amino-alcohol motifs (C(OH)–C–C–N with tert-alkyl or cyclic N) is 1. The van der Waals surface area contributed by atoms with Crippen molar-refractivity contribution in [1.29, 1.82) is 0 Å². The number of ether oxygens (including phenoxy) is 1. The van der Waals surface area contributed by atoms with Crippen LogP contribution in [-0.2, 0) is 11.2 Å². The molecule has 4 N–H and O–H groups in total. The highest BCUT2D eigenvalue weighted by molar-refractivity contribution is 6.09. The van der Waals surface area contributed by atoms with Gasteiger partial charge in [0.15, 0.2) is 0 Å². The van der Waals surface area contributed by atoms with Gasteiger partial charge in [-0.2, -0.15) is 0 Å². The maximum atomic E-state index is 13.4. The second-order valence-corrected chi connectivity index (χ2v) is 10.1. The van der Waals surface area contributed by atoms with Crippen LogP contribution in [0, 0.1) is 12.8 Å². The number of carbonyl (C=O) groups excluding carboxylic acids is 2. The van der Waals surface area contributed by atoms with Crippen LogP contribution in [0.25, 0.3) is 22.3 Å². The number of aliphatic hydroxyl groups excluding tert-OH is 2. The van der Waals surface area contributed by atoms with Crippen molar-refractivity contribution in [2.45, 2.75) is 58.3 Å². The molecule has 10 heteroatoms. The van der Waals surface area contributed by atoms with E-state index in [0.29, 0.717) is 40.5 Å². The Morgan fingerprint density at radius 3 is 2.76 bits per heavy atom. The van der Waals surface area contributed by atoms with E-state index in [0.717, 1.165) is 23.3 Å². The fourth-order valence-corrected chi connectivity index (χ4v) is 4.82. The summed E-state index contributed by atoms with van der Waals surface area (Å²) in [7, 11) is 0. The second kappa shape index (κ2) is 10.1. The Labute approximate surface area is 215 Å². The molecule has 1 aromatic carbocycles. The molecule has 5 rings (SSSR count). The van der Waals surface area contributed by atoms with Gasteiger partial charge in [-0.05, 0) is 56.7 Å². The molecule has 3 atom stereocenters. The lowest BCUT2D eigenvalue weighted by atomic mass is 10.0. The molecule has 3 heterocycles. The van der Waals surface area contributed by atoms with E-state index < -0.39 is 30.1 Å². The van der Waals surface area contributed by atoms with Gasteiger partial charge in [-0.3, -0.25) is 9.59 Å². The molecular weight excluding hydrogens is 474 g/mol. The lowest BCUT2D eigenvalue weighted by Crippen LogP contribution is -2.43. The summed E-state index contributed by atoms with van der Waals surface area (Å²) in [5.41, 5.74) is 4.73. The molecule has 1 saturated carbocycles. The van der Waals surface area contributed by atoms with E-state index in [4.69, 9.17) is 4.74 Å². The van der Waals surface area contributed by atoms with E-state index in [1.54, 1.807) is 6.92 Å². The van der Waals surface area contributed by atoms with E-state index in [2.05, 4.69) is 39.3 Å². The number of aromatic nitrogens is 3. The summed E-state index contributed by atoms with van der Waals surface area (Å²) in [6.45, 7) is 6.10. The Balaban J connectivity index is 1.45. The highest BCUT2D eigenvalue weighted by atomic mass is 16.5. The molecule has 1 saturated heterocycles. The van der Waals surface area contributed by atoms with Crippen molar-refractivity contribution in [3.63, 3.8) is 0 Å². The van der Waals surface area contributed by atoms with Gasteiger partial charge in [0.2, 0.25) is 0 Å². The summed E-state index contributed by atoms with van der Waals surface area (Å²) < 4.78 is 6.16. The fraction of sp³-hybridized carbons (Fsp3) is 0.481. The predicted molar refractivity (Wildman–Crippen MR) is 137 cm³/mol. The van der Waals surface area contributed by atoms with Crippen LogP contribution >= 0.6 is 0 Å². The minimum absolute atomic E-state index is 0.0469. The molecule has 2 amide bonds. The van der Waals surface area contributed by atoms with E-state index in [1.165, 1.54) is 31.0 Å². The molecule has 196 valence electrons. The van der Waals surface area contributed by atoms with Gasteiger partial charge < -0.3 is 30.2 Å². The zero-order chi connectivity index (χ0) is 26.3. The molecule has 1 aliphatic heterocycles. The van der Waals surface area contributed by atoms with Crippen molar-refractivity contribution in [3.05, 3.63) is 41.3 Å². The van der Waals surface area contributed by atoms with Crippen LogP contribution in [0.2, 0.25) is 0 Å². The van der Waals surface area contributed by atoms with E-state index in [-0.39, 0.29) is 13.1 Å². The molecule has 0 unspecified atom stereocenters. The molecule has 0 bridgehead atoms. The zero-order valence-electron chi connectivity index (χ0n) is 21.3. The summed E-state index contributed by atoms with van der Waals surface area (Å²) in [5, 5.41) is 22.9. The maximum Gasteiger partial charge on any atom is 0.255 e. The van der Waals surface area contributed by atoms with Crippen molar-refractivity contribution >= 4 is 22.8 Å². The number of hydrogen-bond acceptors (Lipinski definition) is 7. The van der Waals surface area contributed by atoms with Gasteiger partial charge >= 0.3 is 0 Å². The summed E-state index contributed by atoms with van der Waals surface area (Å²) in [6.07, 6.45) is 2.57. The van der Waals surface area contributed by atoms with Gasteiger partial charge in [-0.25, -0.2) is 9.97 Å². The van der Waals surface area contributed by atoms with Crippen molar-refractivity contribution in [1.82, 2.24) is 25.2 Å². The standard InChI is InChI=1S/C27H33N5O5/c1-4-16-7-8-21(37-12-17-5-6-17)18(9-16)23-25-24(29-13-28-23)22(14(2)30-25)26(35)31-19-10-32(11-20(19)34)27(36)15(3)33/h7-9,13,15,17,19-20,30,33-34H,4-6,10-12H2,1-3H3,(H,31,35)/t15-,19-,20-/m0/s1. The number of aromatic amines is 1. The molecule has 0 radical (unpaired) electrons. The fourth-order valence-electron chi connectivity index (χ4n) is 4.82. The SMILES string of the molecule is CCc1ccc(OCC2CC2)c(-c2ncnc3c(C(=O)N[C@H]4CN(C(=O)[C@H](C)O)C[C@@H]4O)c(C)[nH]c23)c1. The predicted octanol–water partition coefficient (Wildman–Crippen LogP) is 1.97. The first-order valence-electron chi connectivity index (χ1n) is 12.8. The minimum atomic E-state index is -1.17. The van der Waals surface area contributed by atoms with Crippen LogP contribution in [0.1, 0.15) is 48.3 Å². The van der Waals surface area contributed by atoms with Crippen LogP contribution in [0.15, 0.2) is 24.5 Å². The number of rotatable bonds is 8. The maximum absolute atomic E-state index is 13.4. The molecule has 37 heavy (non-hydrogen) atoms. The topological polar surface area (TPSA) is 141 Å². The number of nitrogens with zero attached hydrogens (tertiary/aromatic N) is 3. The molecular formula is C27H33N5O5. The average molecular weight is 508 g/mol. The number of carbonyl (C=O) groups is 2. The number of amides is 2. The van der Waals surface area contributed by atoms with Crippen LogP contribution in [0.4, 0.5) is 0 Å². The zero-order valence-corrected chi connectivity index (χ0v) is 21.3. The van der Waals surface area contributed by atoms with Gasteiger partial charge in [-0.15, -0.1) is 0 Å². The molecule has 2 aliphatic rings. The first-order valence-corrected chi connectivity index (χ1v) is 12.8. The Bertz CT molecular complexity index is 1330. The van der Waals surface area contributed by atoms with Crippen LogP contribution < -0.4 is 10.1 Å². The van der Waals surface area contributed by atoms with E-state index in [9.17, 15) is 19.8 Å². The molecule has 10 nitrogen and oxygen atoms in total. The quantitative estimate of drug-likeness (QED) is 0.365. The van der Waals surface area contributed by atoms with E-state index in [1.807, 2.05) is 6.07 Å². The monoisotopic (exact) mass is 507 g/mol.